The Bertz CT molecular complexity index is 466. The van der Waals surface area contributed by atoms with Crippen molar-refractivity contribution in [1.29, 1.82) is 0 Å². The summed E-state index contributed by atoms with van der Waals surface area (Å²) in [6, 6.07) is -0.472. The molecular weight excluding hydrogens is 282 g/mol. The van der Waals surface area contributed by atoms with Crippen molar-refractivity contribution in [1.82, 2.24) is 15.6 Å². The van der Waals surface area contributed by atoms with Crippen LogP contribution in [0.3, 0.4) is 0 Å². The number of amides is 3. The Kier molecular flexibility index (Phi) is 5.37. The minimum atomic E-state index is -0.472. The van der Waals surface area contributed by atoms with Crippen molar-refractivity contribution in [2.75, 3.05) is 0 Å². The molecule has 1 atom stereocenters. The van der Waals surface area contributed by atoms with Gasteiger partial charge in [-0.25, -0.2) is 9.78 Å². The molecular formula is C12H19N3O2S2. The van der Waals surface area contributed by atoms with Crippen LogP contribution in [0.5, 0.6) is 0 Å². The van der Waals surface area contributed by atoms with Crippen LogP contribution in [-0.2, 0) is 4.79 Å². The van der Waals surface area contributed by atoms with Crippen LogP contribution in [0.4, 0.5) is 4.79 Å². The van der Waals surface area contributed by atoms with E-state index in [0.29, 0.717) is 0 Å². The summed E-state index contributed by atoms with van der Waals surface area (Å²) in [5.74, 6) is -0.320. The number of nitrogens with zero attached hydrogens (tertiary/aromatic N) is 1. The van der Waals surface area contributed by atoms with Gasteiger partial charge in [0.25, 0.3) is 0 Å². The molecule has 1 aromatic heterocycles. The number of carbonyl (C=O) groups excluding carboxylic acids is 2. The molecule has 1 heterocycles. The molecule has 2 N–H and O–H groups in total. The topological polar surface area (TPSA) is 71.1 Å². The Balaban J connectivity index is 2.47. The van der Waals surface area contributed by atoms with E-state index in [9.17, 15) is 9.59 Å². The number of carbonyl (C=O) groups is 2. The summed E-state index contributed by atoms with van der Waals surface area (Å²) in [5.41, 5.74) is 0.568. The second-order valence-electron chi connectivity index (χ2n) is 5.21. The first-order valence-corrected chi connectivity index (χ1v) is 7.65. The summed E-state index contributed by atoms with van der Waals surface area (Å²) in [6.45, 7) is 9.22. The maximum absolute atomic E-state index is 11.8. The molecule has 0 fully saturated rings. The van der Waals surface area contributed by atoms with Crippen LogP contribution in [0.25, 0.3) is 0 Å². The fourth-order valence-corrected chi connectivity index (χ4v) is 3.16. The highest BCUT2D eigenvalue weighted by Gasteiger charge is 2.20. The van der Waals surface area contributed by atoms with Crippen molar-refractivity contribution >= 4 is 35.0 Å². The number of imide groups is 1. The smallest absolute Gasteiger partial charge is 0.321 e. The molecule has 0 saturated carbocycles. The molecule has 0 aromatic carbocycles. The van der Waals surface area contributed by atoms with E-state index >= 15 is 0 Å². The zero-order valence-electron chi connectivity index (χ0n) is 11.7. The van der Waals surface area contributed by atoms with Crippen molar-refractivity contribution in [3.63, 3.8) is 0 Å². The van der Waals surface area contributed by atoms with Crippen molar-refractivity contribution in [2.24, 2.45) is 0 Å². The molecule has 1 aromatic rings. The molecule has 3 amide bonds. The second kappa shape index (κ2) is 6.38. The first-order valence-electron chi connectivity index (χ1n) is 5.89. The largest absolute Gasteiger partial charge is 0.333 e. The first-order chi connectivity index (χ1) is 8.67. The Morgan fingerprint density at radius 1 is 1.42 bits per heavy atom. The van der Waals surface area contributed by atoms with E-state index in [1.165, 1.54) is 23.1 Å². The molecule has 1 rings (SSSR count). The summed E-state index contributed by atoms with van der Waals surface area (Å²) in [5, 5.41) is 6.58. The summed E-state index contributed by atoms with van der Waals surface area (Å²) >= 11 is 2.84. The van der Waals surface area contributed by atoms with Crippen LogP contribution < -0.4 is 10.6 Å². The molecule has 0 radical (unpaired) electrons. The number of hydrogen-bond acceptors (Lipinski definition) is 5. The summed E-state index contributed by atoms with van der Waals surface area (Å²) < 4.78 is 0.830. The van der Waals surface area contributed by atoms with Gasteiger partial charge in [-0.05, 0) is 34.6 Å². The van der Waals surface area contributed by atoms with Crippen LogP contribution in [0.1, 0.15) is 33.4 Å². The molecule has 0 aliphatic heterocycles. The van der Waals surface area contributed by atoms with Gasteiger partial charge in [-0.1, -0.05) is 11.8 Å². The lowest BCUT2D eigenvalue weighted by Gasteiger charge is -2.21. The van der Waals surface area contributed by atoms with Crippen LogP contribution in [0.15, 0.2) is 9.72 Å². The van der Waals surface area contributed by atoms with Gasteiger partial charge in [0.05, 0.1) is 5.25 Å². The average Bonchev–Trinajstić information content (AvgIpc) is 2.60. The predicted molar refractivity (Wildman–Crippen MR) is 78.6 cm³/mol. The second-order valence-corrected chi connectivity index (χ2v) is 7.65. The quantitative estimate of drug-likeness (QED) is 0.842. The highest BCUT2D eigenvalue weighted by molar-refractivity contribution is 8.02. The summed E-state index contributed by atoms with van der Waals surface area (Å²) in [6.07, 6.45) is 0. The number of thioether (sulfide) groups is 1. The van der Waals surface area contributed by atoms with Crippen molar-refractivity contribution in [3.8, 4) is 0 Å². The molecule has 106 valence electrons. The molecule has 0 aliphatic rings. The van der Waals surface area contributed by atoms with Gasteiger partial charge in [0.15, 0.2) is 4.34 Å². The Morgan fingerprint density at radius 2 is 2.05 bits per heavy atom. The minimum Gasteiger partial charge on any atom is -0.333 e. The number of thiazole rings is 1. The van der Waals surface area contributed by atoms with Gasteiger partial charge < -0.3 is 5.32 Å². The third-order valence-corrected chi connectivity index (χ3v) is 4.16. The Labute approximate surface area is 121 Å². The van der Waals surface area contributed by atoms with Crippen molar-refractivity contribution in [2.45, 2.75) is 49.7 Å². The van der Waals surface area contributed by atoms with E-state index in [2.05, 4.69) is 15.6 Å². The third-order valence-electron chi connectivity index (χ3n) is 1.97. The molecule has 19 heavy (non-hydrogen) atoms. The lowest BCUT2D eigenvalue weighted by atomic mass is 10.1. The number of rotatable bonds is 3. The first kappa shape index (κ1) is 16.0. The van der Waals surface area contributed by atoms with Crippen molar-refractivity contribution < 1.29 is 9.59 Å². The van der Waals surface area contributed by atoms with E-state index in [4.69, 9.17) is 0 Å². The van der Waals surface area contributed by atoms with Crippen LogP contribution in [-0.4, -0.2) is 27.7 Å². The number of urea groups is 1. The molecule has 0 saturated heterocycles. The molecule has 0 spiro atoms. The Morgan fingerprint density at radius 3 is 2.53 bits per heavy atom. The highest BCUT2D eigenvalue weighted by Crippen LogP contribution is 2.26. The van der Waals surface area contributed by atoms with Gasteiger partial charge >= 0.3 is 6.03 Å². The van der Waals surface area contributed by atoms with E-state index < -0.39 is 6.03 Å². The number of aryl methyl sites for hydroxylation is 1. The maximum Gasteiger partial charge on any atom is 0.321 e. The lowest BCUT2D eigenvalue weighted by Crippen LogP contribution is -2.49. The molecule has 0 unspecified atom stereocenters. The minimum absolute atomic E-state index is 0.320. The zero-order chi connectivity index (χ0) is 14.6. The number of hydrogen-bond donors (Lipinski definition) is 2. The van der Waals surface area contributed by atoms with Gasteiger partial charge in [-0.3, -0.25) is 10.1 Å². The lowest BCUT2D eigenvalue weighted by molar-refractivity contribution is -0.119. The third kappa shape index (κ3) is 6.07. The summed E-state index contributed by atoms with van der Waals surface area (Å²) in [4.78, 5) is 27.7. The summed E-state index contributed by atoms with van der Waals surface area (Å²) in [7, 11) is 0. The fraction of sp³-hybridized carbons (Fsp3) is 0.583. The van der Waals surface area contributed by atoms with Gasteiger partial charge in [0.1, 0.15) is 0 Å². The zero-order valence-corrected chi connectivity index (χ0v) is 13.4. The molecule has 0 bridgehead atoms. The number of aromatic nitrogens is 1. The normalized spacial score (nSPS) is 12.9. The van der Waals surface area contributed by atoms with Crippen LogP contribution >= 0.6 is 23.1 Å². The van der Waals surface area contributed by atoms with Crippen LogP contribution in [0.2, 0.25) is 0 Å². The van der Waals surface area contributed by atoms with E-state index in [-0.39, 0.29) is 16.7 Å². The molecule has 0 aliphatic carbocycles. The van der Waals surface area contributed by atoms with Gasteiger partial charge in [0, 0.05) is 16.6 Å². The number of nitrogens with one attached hydrogen (secondary N) is 2. The van der Waals surface area contributed by atoms with Gasteiger partial charge in [-0.15, -0.1) is 11.3 Å². The standard InChI is InChI=1S/C12H19N3O2S2/c1-7-6-18-11(13-7)19-8(2)9(16)14-10(17)15-12(3,4)5/h6,8H,1-5H3,(H2,14,15,16,17)/t8-/m1/s1. The van der Waals surface area contributed by atoms with Crippen LogP contribution in [0, 0.1) is 6.92 Å². The molecule has 7 heteroatoms. The van der Waals surface area contributed by atoms with E-state index in [1.807, 2.05) is 33.1 Å². The predicted octanol–water partition coefficient (Wildman–Crippen LogP) is 2.56. The monoisotopic (exact) mass is 301 g/mol. The van der Waals surface area contributed by atoms with E-state index in [0.717, 1.165) is 10.0 Å². The van der Waals surface area contributed by atoms with Gasteiger partial charge in [0.2, 0.25) is 5.91 Å². The van der Waals surface area contributed by atoms with Crippen molar-refractivity contribution in [3.05, 3.63) is 11.1 Å². The highest BCUT2D eigenvalue weighted by atomic mass is 32.2. The average molecular weight is 301 g/mol. The maximum atomic E-state index is 11.8. The molecule has 5 nitrogen and oxygen atoms in total. The SMILES string of the molecule is Cc1csc(S[C@H](C)C(=O)NC(=O)NC(C)(C)C)n1. The van der Waals surface area contributed by atoms with Gasteiger partial charge in [-0.2, -0.15) is 0 Å². The Hall–Kier alpha value is -1.08. The van der Waals surface area contributed by atoms with E-state index in [1.54, 1.807) is 6.92 Å². The fourth-order valence-electron chi connectivity index (χ4n) is 1.18.